The van der Waals surface area contributed by atoms with Gasteiger partial charge in [-0.1, -0.05) is 0 Å². The van der Waals surface area contributed by atoms with Gasteiger partial charge in [-0.05, 0) is 28.6 Å². The van der Waals surface area contributed by atoms with Crippen LogP contribution in [-0.4, -0.2) is 33.7 Å². The Kier molecular flexibility index (Phi) is 3.35. The number of anilines is 1. The van der Waals surface area contributed by atoms with Gasteiger partial charge in [0, 0.05) is 5.56 Å². The van der Waals surface area contributed by atoms with E-state index in [2.05, 4.69) is 15.5 Å². The molecule has 0 fully saturated rings. The first-order valence-electron chi connectivity index (χ1n) is 5.10. The number of nitrogens with zero attached hydrogens (tertiary/aromatic N) is 4. The molecular weight excluding hydrogens is 244 g/mol. The van der Waals surface area contributed by atoms with E-state index in [1.54, 1.807) is 18.2 Å². The Hall–Kier alpha value is -2.25. The smallest absolute Gasteiger partial charge is 0.258 e. The van der Waals surface area contributed by atoms with Crippen molar-refractivity contribution in [2.24, 2.45) is 0 Å². The molecule has 0 spiro atoms. The van der Waals surface area contributed by atoms with Crippen molar-refractivity contribution in [3.63, 3.8) is 0 Å². The molecule has 0 amide bonds. The van der Waals surface area contributed by atoms with Gasteiger partial charge in [0.2, 0.25) is 0 Å². The lowest BCUT2D eigenvalue weighted by atomic mass is 10.2. The van der Waals surface area contributed by atoms with Crippen LogP contribution in [0, 0.1) is 0 Å². The predicted molar refractivity (Wildman–Crippen MR) is 60.2 cm³/mol. The Morgan fingerprint density at radius 1 is 1.44 bits per heavy atom. The second kappa shape index (κ2) is 4.94. The Morgan fingerprint density at radius 3 is 2.89 bits per heavy atom. The van der Waals surface area contributed by atoms with E-state index in [-0.39, 0.29) is 5.82 Å². The van der Waals surface area contributed by atoms with Gasteiger partial charge in [-0.25, -0.2) is 13.5 Å². The maximum absolute atomic E-state index is 12.3. The highest BCUT2D eigenvalue weighted by atomic mass is 19.3. The average molecular weight is 255 g/mol. The topological polar surface area (TPSA) is 78.9 Å². The normalized spacial score (nSPS) is 10.9. The first-order chi connectivity index (χ1) is 8.61. The molecule has 96 valence electrons. The predicted octanol–water partition coefficient (Wildman–Crippen LogP) is 1.20. The number of halogens is 2. The van der Waals surface area contributed by atoms with E-state index in [1.165, 1.54) is 7.11 Å². The number of ether oxygens (including phenoxy) is 1. The number of nitrogen functional groups attached to an aromatic ring is 1. The minimum absolute atomic E-state index is 0.244. The number of tetrazole rings is 1. The number of alkyl halides is 2. The SMILES string of the molecule is COc1cc(-c2nnnn2CC(F)F)ccc1N. The van der Waals surface area contributed by atoms with Gasteiger partial charge in [0.05, 0.1) is 12.8 Å². The fourth-order valence-corrected chi connectivity index (χ4v) is 1.52. The lowest BCUT2D eigenvalue weighted by molar-refractivity contribution is 0.121. The van der Waals surface area contributed by atoms with Gasteiger partial charge in [-0.3, -0.25) is 0 Å². The van der Waals surface area contributed by atoms with Crippen molar-refractivity contribution in [1.82, 2.24) is 20.2 Å². The van der Waals surface area contributed by atoms with E-state index < -0.39 is 13.0 Å². The van der Waals surface area contributed by atoms with Crippen LogP contribution in [0.4, 0.5) is 14.5 Å². The van der Waals surface area contributed by atoms with Crippen LogP contribution in [0.1, 0.15) is 0 Å². The summed E-state index contributed by atoms with van der Waals surface area (Å²) >= 11 is 0. The monoisotopic (exact) mass is 255 g/mol. The molecule has 2 rings (SSSR count). The molecular formula is C10H11F2N5O. The quantitative estimate of drug-likeness (QED) is 0.830. The first-order valence-corrected chi connectivity index (χ1v) is 5.10. The molecule has 1 aromatic heterocycles. The summed E-state index contributed by atoms with van der Waals surface area (Å²) in [6.45, 7) is -0.560. The molecule has 1 aromatic carbocycles. The van der Waals surface area contributed by atoms with E-state index in [0.717, 1.165) is 4.68 Å². The maximum Gasteiger partial charge on any atom is 0.258 e. The minimum Gasteiger partial charge on any atom is -0.495 e. The maximum atomic E-state index is 12.3. The second-order valence-electron chi connectivity index (χ2n) is 3.53. The summed E-state index contributed by atoms with van der Waals surface area (Å²) in [5, 5.41) is 10.6. The van der Waals surface area contributed by atoms with Crippen molar-refractivity contribution in [2.45, 2.75) is 13.0 Å². The fourth-order valence-electron chi connectivity index (χ4n) is 1.52. The summed E-state index contributed by atoms with van der Waals surface area (Å²) < 4.78 is 30.8. The number of nitrogens with two attached hydrogens (primary N) is 1. The number of methoxy groups -OCH3 is 1. The molecule has 2 aromatic rings. The van der Waals surface area contributed by atoms with Gasteiger partial charge in [-0.15, -0.1) is 5.10 Å². The molecule has 0 aliphatic carbocycles. The summed E-state index contributed by atoms with van der Waals surface area (Å²) in [6, 6.07) is 4.85. The molecule has 0 atom stereocenters. The van der Waals surface area contributed by atoms with Crippen LogP contribution >= 0.6 is 0 Å². The largest absolute Gasteiger partial charge is 0.495 e. The zero-order chi connectivity index (χ0) is 13.1. The van der Waals surface area contributed by atoms with Crippen molar-refractivity contribution >= 4 is 5.69 Å². The van der Waals surface area contributed by atoms with Crippen LogP contribution < -0.4 is 10.5 Å². The van der Waals surface area contributed by atoms with Gasteiger partial charge in [0.15, 0.2) is 5.82 Å². The molecule has 18 heavy (non-hydrogen) atoms. The molecule has 0 saturated carbocycles. The summed E-state index contributed by atoms with van der Waals surface area (Å²) in [4.78, 5) is 0. The molecule has 0 radical (unpaired) electrons. The van der Waals surface area contributed by atoms with Gasteiger partial charge >= 0.3 is 0 Å². The number of aromatic nitrogens is 4. The van der Waals surface area contributed by atoms with Crippen molar-refractivity contribution in [3.8, 4) is 17.1 Å². The van der Waals surface area contributed by atoms with Crippen LogP contribution in [0.2, 0.25) is 0 Å². The standard InChI is InChI=1S/C10H11F2N5O/c1-18-8-4-6(2-3-7(8)13)10-14-15-16-17(10)5-9(11)12/h2-4,9H,5,13H2,1H3. The molecule has 0 aliphatic rings. The Bertz CT molecular complexity index is 543. The molecule has 0 aliphatic heterocycles. The van der Waals surface area contributed by atoms with E-state index in [1.807, 2.05) is 0 Å². The average Bonchev–Trinajstić information content (AvgIpc) is 2.77. The van der Waals surface area contributed by atoms with Gasteiger partial charge in [0.25, 0.3) is 6.43 Å². The van der Waals surface area contributed by atoms with Crippen molar-refractivity contribution in [1.29, 1.82) is 0 Å². The van der Waals surface area contributed by atoms with E-state index in [9.17, 15) is 8.78 Å². The minimum atomic E-state index is -2.53. The van der Waals surface area contributed by atoms with Crippen LogP contribution in [0.3, 0.4) is 0 Å². The third kappa shape index (κ3) is 2.36. The summed E-state index contributed by atoms with van der Waals surface area (Å²) in [5.74, 6) is 0.688. The summed E-state index contributed by atoms with van der Waals surface area (Å²) in [7, 11) is 1.47. The molecule has 0 unspecified atom stereocenters. The lowest BCUT2D eigenvalue weighted by Crippen LogP contribution is -2.10. The molecule has 0 saturated heterocycles. The Labute approximate surface area is 101 Å². The molecule has 1 heterocycles. The van der Waals surface area contributed by atoms with E-state index >= 15 is 0 Å². The Balaban J connectivity index is 2.39. The number of hydrogen-bond donors (Lipinski definition) is 1. The number of hydrogen-bond acceptors (Lipinski definition) is 5. The van der Waals surface area contributed by atoms with Gasteiger partial charge in [-0.2, -0.15) is 0 Å². The molecule has 2 N–H and O–H groups in total. The van der Waals surface area contributed by atoms with Gasteiger partial charge < -0.3 is 10.5 Å². The summed E-state index contributed by atoms with van der Waals surface area (Å²) in [5.41, 5.74) is 6.68. The Morgan fingerprint density at radius 2 is 2.22 bits per heavy atom. The highest BCUT2D eigenvalue weighted by Crippen LogP contribution is 2.27. The van der Waals surface area contributed by atoms with Crippen LogP contribution in [0.25, 0.3) is 11.4 Å². The highest BCUT2D eigenvalue weighted by molar-refractivity contribution is 5.65. The zero-order valence-corrected chi connectivity index (χ0v) is 9.55. The van der Waals surface area contributed by atoms with Crippen LogP contribution in [0.15, 0.2) is 18.2 Å². The van der Waals surface area contributed by atoms with Gasteiger partial charge in [0.1, 0.15) is 12.3 Å². The van der Waals surface area contributed by atoms with Crippen LogP contribution in [0.5, 0.6) is 5.75 Å². The number of rotatable bonds is 4. The third-order valence-corrected chi connectivity index (χ3v) is 2.33. The third-order valence-electron chi connectivity index (χ3n) is 2.33. The van der Waals surface area contributed by atoms with E-state index in [4.69, 9.17) is 10.5 Å². The number of benzene rings is 1. The van der Waals surface area contributed by atoms with Crippen LogP contribution in [-0.2, 0) is 6.54 Å². The molecule has 0 bridgehead atoms. The molecule has 6 nitrogen and oxygen atoms in total. The fraction of sp³-hybridized carbons (Fsp3) is 0.300. The lowest BCUT2D eigenvalue weighted by Gasteiger charge is -2.07. The van der Waals surface area contributed by atoms with Crippen molar-refractivity contribution in [3.05, 3.63) is 18.2 Å². The van der Waals surface area contributed by atoms with E-state index in [0.29, 0.717) is 17.0 Å². The highest BCUT2D eigenvalue weighted by Gasteiger charge is 2.14. The first kappa shape index (κ1) is 12.2. The molecule has 8 heteroatoms. The second-order valence-corrected chi connectivity index (χ2v) is 3.53. The summed E-state index contributed by atoms with van der Waals surface area (Å²) in [6.07, 6.45) is -2.53. The van der Waals surface area contributed by atoms with Crippen molar-refractivity contribution in [2.75, 3.05) is 12.8 Å². The zero-order valence-electron chi connectivity index (χ0n) is 9.55. The van der Waals surface area contributed by atoms with Crippen molar-refractivity contribution < 1.29 is 13.5 Å².